The fourth-order valence-electron chi connectivity index (χ4n) is 0.273. The molecule has 0 aromatic carbocycles. The van der Waals surface area contributed by atoms with Crippen molar-refractivity contribution < 1.29 is 48.5 Å². The van der Waals surface area contributed by atoms with Crippen LogP contribution in [0.5, 0.6) is 0 Å². The summed E-state index contributed by atoms with van der Waals surface area (Å²) in [6.07, 6.45) is -7.39. The number of carbonyl (C=O) groups is 4. The van der Waals surface area contributed by atoms with Gasteiger partial charge in [0.15, 0.2) is 0 Å². The summed E-state index contributed by atoms with van der Waals surface area (Å²) >= 11 is 0. The predicted octanol–water partition coefficient (Wildman–Crippen LogP) is 0.0684. The van der Waals surface area contributed by atoms with Gasteiger partial charge in [0.25, 0.3) is 0 Å². The lowest BCUT2D eigenvalue weighted by Crippen LogP contribution is -2.26. The number of rotatable bonds is 2. The maximum atomic E-state index is 10.2. The molecular weight excluding hydrogens is 222 g/mol. The molecular formula is C4H3NO10. The number of ether oxygens (including phenoxy) is 2. The van der Waals surface area contributed by atoms with Crippen LogP contribution < -0.4 is 5.64 Å². The highest BCUT2D eigenvalue weighted by molar-refractivity contribution is 5.76. The van der Waals surface area contributed by atoms with Gasteiger partial charge in [0.2, 0.25) is 0 Å². The Morgan fingerprint density at radius 2 is 1.13 bits per heavy atom. The van der Waals surface area contributed by atoms with Crippen LogP contribution in [0.2, 0.25) is 0 Å². The van der Waals surface area contributed by atoms with Gasteiger partial charge in [-0.1, -0.05) is 0 Å². The third-order valence-corrected chi connectivity index (χ3v) is 0.591. The van der Waals surface area contributed by atoms with E-state index in [9.17, 15) is 19.2 Å². The van der Waals surface area contributed by atoms with Gasteiger partial charge in [-0.3, -0.25) is 0 Å². The summed E-state index contributed by atoms with van der Waals surface area (Å²) in [4.78, 5) is 47.0. The molecule has 0 rings (SSSR count). The van der Waals surface area contributed by atoms with Crippen LogP contribution in [0.15, 0.2) is 0 Å². The van der Waals surface area contributed by atoms with Gasteiger partial charge in [-0.05, 0) is 0 Å². The van der Waals surface area contributed by atoms with Crippen molar-refractivity contribution in [1.82, 2.24) is 5.64 Å². The minimum atomic E-state index is -1.95. The van der Waals surface area contributed by atoms with Crippen LogP contribution in [0.1, 0.15) is 0 Å². The Bertz CT molecular complexity index is 255. The molecule has 3 N–H and O–H groups in total. The summed E-state index contributed by atoms with van der Waals surface area (Å²) < 4.78 is 6.72. The first-order valence-corrected chi connectivity index (χ1v) is 2.90. The second-order valence-electron chi connectivity index (χ2n) is 1.52. The average Bonchev–Trinajstić information content (AvgIpc) is 2.00. The molecule has 0 fully saturated rings. The molecule has 0 aliphatic heterocycles. The molecule has 0 saturated heterocycles. The van der Waals surface area contributed by atoms with E-state index in [4.69, 9.17) is 10.2 Å². The zero-order valence-corrected chi connectivity index (χ0v) is 6.66. The molecule has 0 amide bonds. The van der Waals surface area contributed by atoms with Gasteiger partial charge in [0.1, 0.15) is 0 Å². The molecule has 0 heterocycles. The zero-order valence-electron chi connectivity index (χ0n) is 6.66. The lowest BCUT2D eigenvalue weighted by Gasteiger charge is -2.02. The third-order valence-electron chi connectivity index (χ3n) is 0.591. The van der Waals surface area contributed by atoms with E-state index in [1.165, 1.54) is 0 Å². The van der Waals surface area contributed by atoms with E-state index in [-0.39, 0.29) is 0 Å². The van der Waals surface area contributed by atoms with Crippen LogP contribution in [0.4, 0.5) is 19.2 Å². The minimum Gasteiger partial charge on any atom is -0.449 e. The smallest absolute Gasteiger partial charge is 0.449 e. The summed E-state index contributed by atoms with van der Waals surface area (Å²) in [7, 11) is 0. The van der Waals surface area contributed by atoms with Crippen LogP contribution in [0.25, 0.3) is 0 Å². The standard InChI is InChI=1S/C4H3NO10/c6-1(7)12-3(10)14-5-15-4(11)13-2(8)9/h5H,(H,6,7)(H,8,9). The van der Waals surface area contributed by atoms with Crippen LogP contribution >= 0.6 is 0 Å². The Labute approximate surface area is 80.0 Å². The Hall–Kier alpha value is -2.56. The minimum absolute atomic E-state index is 1.12. The molecule has 0 aromatic rings. The average molecular weight is 225 g/mol. The van der Waals surface area contributed by atoms with Gasteiger partial charge in [0.05, 0.1) is 0 Å². The van der Waals surface area contributed by atoms with Gasteiger partial charge < -0.3 is 29.4 Å². The van der Waals surface area contributed by atoms with E-state index in [0.717, 1.165) is 5.64 Å². The van der Waals surface area contributed by atoms with Crippen molar-refractivity contribution in [3.63, 3.8) is 0 Å². The topological polar surface area (TPSA) is 158 Å². The molecule has 0 aromatic heterocycles. The van der Waals surface area contributed by atoms with Gasteiger partial charge in [-0.15, -0.1) is 0 Å². The van der Waals surface area contributed by atoms with Crippen LogP contribution in [0, 0.1) is 0 Å². The van der Waals surface area contributed by atoms with Crippen molar-refractivity contribution in [2.45, 2.75) is 0 Å². The maximum Gasteiger partial charge on any atom is 0.540 e. The number of carbonyl (C=O) groups excluding carboxylic acids is 2. The summed E-state index contributed by atoms with van der Waals surface area (Å²) in [5, 5.41) is 15.7. The fraction of sp³-hybridized carbons (Fsp3) is 0. The molecule has 11 heteroatoms. The summed E-state index contributed by atoms with van der Waals surface area (Å²) in [6, 6.07) is 0. The molecule has 0 atom stereocenters. The molecule has 11 nitrogen and oxygen atoms in total. The van der Waals surface area contributed by atoms with E-state index < -0.39 is 24.6 Å². The Morgan fingerprint density at radius 1 is 0.800 bits per heavy atom. The van der Waals surface area contributed by atoms with E-state index in [1.807, 2.05) is 0 Å². The highest BCUT2D eigenvalue weighted by Crippen LogP contribution is 1.86. The quantitative estimate of drug-likeness (QED) is 0.331. The SMILES string of the molecule is O=C(O)OC(=O)ONOC(=O)OC(=O)O. The lowest BCUT2D eigenvalue weighted by molar-refractivity contribution is -0.117. The van der Waals surface area contributed by atoms with E-state index in [1.54, 1.807) is 0 Å². The molecule has 0 spiro atoms. The summed E-state index contributed by atoms with van der Waals surface area (Å²) in [6.45, 7) is 0. The molecule has 15 heavy (non-hydrogen) atoms. The molecule has 0 saturated carbocycles. The largest absolute Gasteiger partial charge is 0.540 e. The summed E-state index contributed by atoms with van der Waals surface area (Å²) in [5.74, 6) is 0. The molecule has 84 valence electrons. The first-order chi connectivity index (χ1) is 6.91. The molecule has 0 unspecified atom stereocenters. The second-order valence-corrected chi connectivity index (χ2v) is 1.52. The Kier molecular flexibility index (Phi) is 4.96. The Balaban J connectivity index is 3.61. The summed E-state index contributed by atoms with van der Waals surface area (Å²) in [5.41, 5.74) is 1.12. The number of carboxylic acid groups (broad SMARTS) is 2. The van der Waals surface area contributed by atoms with Gasteiger partial charge in [-0.2, -0.15) is 0 Å². The Morgan fingerprint density at radius 3 is 1.40 bits per heavy atom. The first-order valence-electron chi connectivity index (χ1n) is 2.90. The van der Waals surface area contributed by atoms with E-state index in [2.05, 4.69) is 19.1 Å². The lowest BCUT2D eigenvalue weighted by atomic mass is 11.3. The molecule has 0 bridgehead atoms. The van der Waals surface area contributed by atoms with Crippen molar-refractivity contribution in [3.8, 4) is 0 Å². The van der Waals surface area contributed by atoms with Crippen molar-refractivity contribution >= 4 is 24.6 Å². The zero-order chi connectivity index (χ0) is 11.8. The van der Waals surface area contributed by atoms with Crippen molar-refractivity contribution in [3.05, 3.63) is 0 Å². The van der Waals surface area contributed by atoms with E-state index >= 15 is 0 Å². The van der Waals surface area contributed by atoms with Crippen LogP contribution in [-0.4, -0.2) is 34.8 Å². The second kappa shape index (κ2) is 5.98. The van der Waals surface area contributed by atoms with E-state index in [0.29, 0.717) is 0 Å². The van der Waals surface area contributed by atoms with Crippen molar-refractivity contribution in [1.29, 1.82) is 0 Å². The van der Waals surface area contributed by atoms with Crippen LogP contribution in [0.3, 0.4) is 0 Å². The third kappa shape index (κ3) is 7.79. The first kappa shape index (κ1) is 12.4. The van der Waals surface area contributed by atoms with Gasteiger partial charge in [-0.25, -0.2) is 19.2 Å². The monoisotopic (exact) mass is 225 g/mol. The fourth-order valence-corrected chi connectivity index (χ4v) is 0.273. The number of hydrogen-bond acceptors (Lipinski definition) is 9. The highest BCUT2D eigenvalue weighted by Gasteiger charge is 2.13. The molecule has 0 radical (unpaired) electrons. The van der Waals surface area contributed by atoms with Gasteiger partial charge in [0, 0.05) is 5.64 Å². The van der Waals surface area contributed by atoms with Crippen molar-refractivity contribution in [2.24, 2.45) is 0 Å². The normalized spacial score (nSPS) is 8.53. The highest BCUT2D eigenvalue weighted by atomic mass is 17.0. The number of nitrogens with one attached hydrogen (secondary N) is 1. The molecule has 0 aliphatic rings. The predicted molar refractivity (Wildman–Crippen MR) is 34.3 cm³/mol. The number of hydrogen-bond donors (Lipinski definition) is 3. The van der Waals surface area contributed by atoms with Crippen molar-refractivity contribution in [2.75, 3.05) is 0 Å². The van der Waals surface area contributed by atoms with Crippen LogP contribution in [-0.2, 0) is 19.1 Å². The van der Waals surface area contributed by atoms with Gasteiger partial charge >= 0.3 is 24.6 Å². The molecule has 0 aliphatic carbocycles. The maximum absolute atomic E-state index is 10.2.